The Hall–Kier alpha value is -3.56. The van der Waals surface area contributed by atoms with Crippen LogP contribution in [-0.2, 0) is 19.0 Å². The Morgan fingerprint density at radius 1 is 1.00 bits per heavy atom. The molecule has 4 rings (SSSR count). The summed E-state index contributed by atoms with van der Waals surface area (Å²) in [7, 11) is 0. The molecule has 166 valence electrons. The maximum absolute atomic E-state index is 14.7. The molecular weight excluding hydrogens is 438 g/mol. The van der Waals surface area contributed by atoms with Crippen molar-refractivity contribution < 1.29 is 35.9 Å². The summed E-state index contributed by atoms with van der Waals surface area (Å²) in [4.78, 5) is 16.5. The zero-order valence-corrected chi connectivity index (χ0v) is 16.2. The molecule has 1 heterocycles. The molecule has 1 aliphatic carbocycles. The average Bonchev–Trinajstić information content (AvgIpc) is 3.22. The molecule has 0 spiro atoms. The number of hydrogen-bond acceptors (Lipinski definition) is 3. The van der Waals surface area contributed by atoms with Gasteiger partial charge in [-0.15, -0.1) is 0 Å². The highest BCUT2D eigenvalue weighted by Crippen LogP contribution is 2.40. The first-order chi connectivity index (χ1) is 15.1. The van der Waals surface area contributed by atoms with Gasteiger partial charge in [-0.25, -0.2) is 13.2 Å². The minimum atomic E-state index is -4.94. The Bertz CT molecular complexity index is 1200. The van der Waals surface area contributed by atoms with Gasteiger partial charge in [0.1, 0.15) is 22.9 Å². The van der Waals surface area contributed by atoms with Crippen LogP contribution < -0.4 is 10.1 Å². The van der Waals surface area contributed by atoms with E-state index in [9.17, 15) is 31.1 Å². The summed E-state index contributed by atoms with van der Waals surface area (Å²) in [6.45, 7) is 0. The molecule has 0 bridgehead atoms. The molecule has 1 aliphatic rings. The number of ether oxygens (including phenoxy) is 1. The van der Waals surface area contributed by atoms with E-state index < -0.39 is 46.4 Å². The van der Waals surface area contributed by atoms with Gasteiger partial charge in [0.05, 0.1) is 17.4 Å². The van der Waals surface area contributed by atoms with Crippen molar-refractivity contribution in [1.82, 2.24) is 4.98 Å². The van der Waals surface area contributed by atoms with Crippen molar-refractivity contribution in [2.75, 3.05) is 5.32 Å². The number of alkyl halides is 3. The van der Waals surface area contributed by atoms with Crippen LogP contribution in [-0.4, -0.2) is 10.9 Å². The van der Waals surface area contributed by atoms with Crippen LogP contribution in [0.3, 0.4) is 0 Å². The summed E-state index contributed by atoms with van der Waals surface area (Å²) >= 11 is 0. The normalized spacial score (nSPS) is 13.1. The second kappa shape index (κ2) is 8.18. The Balaban J connectivity index is 1.81. The third-order valence-corrected chi connectivity index (χ3v) is 5.00. The monoisotopic (exact) mass is 452 g/mol. The zero-order valence-electron chi connectivity index (χ0n) is 16.2. The fourth-order valence-corrected chi connectivity index (χ4v) is 3.55. The molecule has 1 amide bonds. The maximum atomic E-state index is 14.7. The minimum Gasteiger partial charge on any atom is -0.456 e. The van der Waals surface area contributed by atoms with Crippen LogP contribution in [0.15, 0.2) is 42.7 Å². The summed E-state index contributed by atoms with van der Waals surface area (Å²) < 4.78 is 88.0. The van der Waals surface area contributed by atoms with E-state index >= 15 is 0 Å². The number of nitrogens with zero attached hydrogens (tertiary/aromatic N) is 1. The predicted molar refractivity (Wildman–Crippen MR) is 102 cm³/mol. The standard InChI is InChI=1S/C22H14F6N2O2/c23-15-7-11(22(26,27)28)8-18(19(15)21(31)30-12-3-2-6-29-10-12)32-17-9-16(24)20(25)14-5-1-4-13(14)17/h2-3,6-10H,1,4-5H2,(H,30,31). The molecule has 32 heavy (non-hydrogen) atoms. The second-order valence-electron chi connectivity index (χ2n) is 7.11. The van der Waals surface area contributed by atoms with Crippen LogP contribution in [0, 0.1) is 17.5 Å². The number of fused-ring (bicyclic) bond motifs is 1. The second-order valence-corrected chi connectivity index (χ2v) is 7.11. The van der Waals surface area contributed by atoms with E-state index in [2.05, 4.69) is 10.3 Å². The van der Waals surface area contributed by atoms with Crippen molar-refractivity contribution in [3.63, 3.8) is 0 Å². The SMILES string of the molecule is O=C(Nc1cccnc1)c1c(F)cc(C(F)(F)F)cc1Oc1cc(F)c(F)c2c1CCC2. The Labute approximate surface area is 177 Å². The molecular formula is C22H14F6N2O2. The van der Waals surface area contributed by atoms with E-state index in [-0.39, 0.29) is 35.1 Å². The summed E-state index contributed by atoms with van der Waals surface area (Å²) in [6, 6.07) is 4.22. The van der Waals surface area contributed by atoms with Gasteiger partial charge in [0.15, 0.2) is 11.6 Å². The smallest absolute Gasteiger partial charge is 0.416 e. The van der Waals surface area contributed by atoms with Gasteiger partial charge in [-0.2, -0.15) is 13.2 Å². The number of rotatable bonds is 4. The third-order valence-electron chi connectivity index (χ3n) is 5.00. The first-order valence-electron chi connectivity index (χ1n) is 9.45. The number of pyridine rings is 1. The molecule has 0 aliphatic heterocycles. The van der Waals surface area contributed by atoms with Crippen molar-refractivity contribution >= 4 is 11.6 Å². The van der Waals surface area contributed by atoms with Gasteiger partial charge in [-0.1, -0.05) is 0 Å². The van der Waals surface area contributed by atoms with Gasteiger partial charge in [0.25, 0.3) is 5.91 Å². The van der Waals surface area contributed by atoms with Crippen LogP contribution in [0.25, 0.3) is 0 Å². The van der Waals surface area contributed by atoms with E-state index in [1.807, 2.05) is 0 Å². The molecule has 0 unspecified atom stereocenters. The van der Waals surface area contributed by atoms with E-state index in [4.69, 9.17) is 4.74 Å². The number of carbonyl (C=O) groups excluding carboxylic acids is 1. The molecule has 0 radical (unpaired) electrons. The largest absolute Gasteiger partial charge is 0.456 e. The molecule has 2 aromatic carbocycles. The lowest BCUT2D eigenvalue weighted by atomic mass is 10.1. The van der Waals surface area contributed by atoms with Gasteiger partial charge in [-0.3, -0.25) is 9.78 Å². The van der Waals surface area contributed by atoms with Crippen molar-refractivity contribution in [2.45, 2.75) is 25.4 Å². The first-order valence-corrected chi connectivity index (χ1v) is 9.45. The van der Waals surface area contributed by atoms with Crippen LogP contribution in [0.1, 0.15) is 33.5 Å². The third kappa shape index (κ3) is 4.12. The summed E-state index contributed by atoms with van der Waals surface area (Å²) in [5.74, 6) is -5.96. The van der Waals surface area contributed by atoms with E-state index in [0.717, 1.165) is 0 Å². The number of carbonyl (C=O) groups is 1. The number of anilines is 1. The summed E-state index contributed by atoms with van der Waals surface area (Å²) in [5, 5.41) is 2.32. The number of benzene rings is 2. The average molecular weight is 452 g/mol. The zero-order chi connectivity index (χ0) is 23.0. The molecule has 0 fully saturated rings. The molecule has 0 saturated carbocycles. The molecule has 4 nitrogen and oxygen atoms in total. The first kappa shape index (κ1) is 21.7. The molecule has 3 aromatic rings. The fourth-order valence-electron chi connectivity index (χ4n) is 3.55. The van der Waals surface area contributed by atoms with Crippen LogP contribution in [0.5, 0.6) is 11.5 Å². The summed E-state index contributed by atoms with van der Waals surface area (Å²) in [6.07, 6.45) is -1.26. The minimum absolute atomic E-state index is 0.0498. The van der Waals surface area contributed by atoms with Crippen molar-refractivity contribution in [3.05, 3.63) is 82.4 Å². The highest BCUT2D eigenvalue weighted by molar-refractivity contribution is 6.06. The highest BCUT2D eigenvalue weighted by atomic mass is 19.4. The van der Waals surface area contributed by atoms with Crippen molar-refractivity contribution in [2.24, 2.45) is 0 Å². The topological polar surface area (TPSA) is 51.2 Å². The van der Waals surface area contributed by atoms with Gasteiger partial charge >= 0.3 is 6.18 Å². The van der Waals surface area contributed by atoms with Crippen LogP contribution >= 0.6 is 0 Å². The fraction of sp³-hybridized carbons (Fsp3) is 0.182. The number of halogens is 6. The number of nitrogens with one attached hydrogen (secondary N) is 1. The lowest BCUT2D eigenvalue weighted by molar-refractivity contribution is -0.137. The van der Waals surface area contributed by atoms with Gasteiger partial charge < -0.3 is 10.1 Å². The van der Waals surface area contributed by atoms with Gasteiger partial charge in [0, 0.05) is 17.8 Å². The van der Waals surface area contributed by atoms with Crippen molar-refractivity contribution in [3.8, 4) is 11.5 Å². The quantitative estimate of drug-likeness (QED) is 0.491. The van der Waals surface area contributed by atoms with Gasteiger partial charge in [-0.05, 0) is 49.1 Å². The van der Waals surface area contributed by atoms with Crippen molar-refractivity contribution in [1.29, 1.82) is 0 Å². The van der Waals surface area contributed by atoms with Crippen LogP contribution in [0.4, 0.5) is 32.0 Å². The molecule has 1 N–H and O–H groups in total. The number of hydrogen-bond donors (Lipinski definition) is 1. The molecule has 0 saturated heterocycles. The van der Waals surface area contributed by atoms with E-state index in [0.29, 0.717) is 25.0 Å². The van der Waals surface area contributed by atoms with Gasteiger partial charge in [0.2, 0.25) is 0 Å². The molecule has 10 heteroatoms. The van der Waals surface area contributed by atoms with Crippen LogP contribution in [0.2, 0.25) is 0 Å². The Morgan fingerprint density at radius 3 is 2.44 bits per heavy atom. The maximum Gasteiger partial charge on any atom is 0.416 e. The molecule has 1 aromatic heterocycles. The van der Waals surface area contributed by atoms with E-state index in [1.54, 1.807) is 0 Å². The number of aromatic nitrogens is 1. The lowest BCUT2D eigenvalue weighted by Gasteiger charge is -2.17. The summed E-state index contributed by atoms with van der Waals surface area (Å²) in [5.41, 5.74) is -1.74. The highest BCUT2D eigenvalue weighted by Gasteiger charge is 2.34. The number of amides is 1. The Kier molecular flexibility index (Phi) is 5.53. The lowest BCUT2D eigenvalue weighted by Crippen LogP contribution is -2.17. The van der Waals surface area contributed by atoms with E-state index in [1.165, 1.54) is 24.5 Å². The molecule has 0 atom stereocenters. The Morgan fingerprint density at radius 2 is 1.75 bits per heavy atom. The predicted octanol–water partition coefficient (Wildman–Crippen LogP) is 6.05.